The Kier molecular flexibility index (Phi) is 4.81. The number of aromatic amines is 1. The zero-order valence-corrected chi connectivity index (χ0v) is 15.8. The lowest BCUT2D eigenvalue weighted by molar-refractivity contribution is 0.0780. The number of fused-ring (bicyclic) bond motifs is 1. The summed E-state index contributed by atoms with van der Waals surface area (Å²) in [6.07, 6.45) is 3.55. The summed E-state index contributed by atoms with van der Waals surface area (Å²) in [7, 11) is 3.44. The molecule has 5 heteroatoms. The third-order valence-corrected chi connectivity index (χ3v) is 4.77. The van der Waals surface area contributed by atoms with Gasteiger partial charge in [0.25, 0.3) is 5.91 Å². The van der Waals surface area contributed by atoms with Crippen molar-refractivity contribution in [3.8, 4) is 16.9 Å². The minimum atomic E-state index is -0.0514. The molecule has 4 aromatic rings. The maximum absolute atomic E-state index is 12.9. The molecule has 4 rings (SSSR count). The van der Waals surface area contributed by atoms with Gasteiger partial charge in [0.05, 0.1) is 7.11 Å². The second-order valence-corrected chi connectivity index (χ2v) is 6.73. The number of ether oxygens (including phenoxy) is 1. The fraction of sp³-hybridized carbons (Fsp3) is 0.130. The van der Waals surface area contributed by atoms with Gasteiger partial charge in [0.15, 0.2) is 0 Å². The van der Waals surface area contributed by atoms with Gasteiger partial charge in [-0.15, -0.1) is 0 Å². The van der Waals surface area contributed by atoms with Crippen LogP contribution in [-0.2, 0) is 6.54 Å². The molecule has 2 aromatic heterocycles. The van der Waals surface area contributed by atoms with Gasteiger partial charge in [-0.05, 0) is 53.1 Å². The number of rotatable bonds is 5. The van der Waals surface area contributed by atoms with Crippen molar-refractivity contribution in [2.24, 2.45) is 0 Å². The molecule has 0 saturated heterocycles. The van der Waals surface area contributed by atoms with E-state index in [1.54, 1.807) is 31.5 Å². The smallest absolute Gasteiger partial charge is 0.270 e. The summed E-state index contributed by atoms with van der Waals surface area (Å²) in [6, 6.07) is 19.7. The Labute approximate surface area is 163 Å². The van der Waals surface area contributed by atoms with Crippen LogP contribution in [0.5, 0.6) is 5.75 Å². The Morgan fingerprint density at radius 1 is 1.04 bits per heavy atom. The van der Waals surface area contributed by atoms with Gasteiger partial charge in [-0.25, -0.2) is 0 Å². The van der Waals surface area contributed by atoms with Gasteiger partial charge >= 0.3 is 0 Å². The van der Waals surface area contributed by atoms with Crippen LogP contribution in [0.2, 0.25) is 0 Å². The Morgan fingerprint density at radius 3 is 2.64 bits per heavy atom. The van der Waals surface area contributed by atoms with Crippen LogP contribution >= 0.6 is 0 Å². The molecule has 0 aliphatic heterocycles. The minimum Gasteiger partial charge on any atom is -0.497 e. The average Bonchev–Trinajstić information content (AvgIpc) is 3.17. The SMILES string of the molecule is COc1cccc(CN(C)C(=O)c2cc3ccc(-c4ccncc4)cc3[nH]2)c1. The Morgan fingerprint density at radius 2 is 1.86 bits per heavy atom. The number of pyridine rings is 1. The fourth-order valence-corrected chi connectivity index (χ4v) is 3.29. The Bertz CT molecular complexity index is 1120. The van der Waals surface area contributed by atoms with Crippen LogP contribution in [0.4, 0.5) is 0 Å². The summed E-state index contributed by atoms with van der Waals surface area (Å²) < 4.78 is 5.26. The number of methoxy groups -OCH3 is 1. The van der Waals surface area contributed by atoms with E-state index in [-0.39, 0.29) is 5.91 Å². The average molecular weight is 371 g/mol. The van der Waals surface area contributed by atoms with Crippen molar-refractivity contribution < 1.29 is 9.53 Å². The van der Waals surface area contributed by atoms with Gasteiger partial charge in [0, 0.05) is 36.9 Å². The molecule has 0 spiro atoms. The van der Waals surface area contributed by atoms with Crippen molar-refractivity contribution in [1.82, 2.24) is 14.9 Å². The summed E-state index contributed by atoms with van der Waals surface area (Å²) in [5.74, 6) is 0.733. The molecule has 0 radical (unpaired) electrons. The number of carbonyl (C=O) groups excluding carboxylic acids is 1. The van der Waals surface area contributed by atoms with E-state index in [1.807, 2.05) is 48.5 Å². The molecule has 1 N–H and O–H groups in total. The number of hydrogen-bond donors (Lipinski definition) is 1. The van der Waals surface area contributed by atoms with Crippen LogP contribution in [0.3, 0.4) is 0 Å². The summed E-state index contributed by atoms with van der Waals surface area (Å²) in [4.78, 5) is 21.9. The van der Waals surface area contributed by atoms with Gasteiger partial charge in [-0.3, -0.25) is 9.78 Å². The second kappa shape index (κ2) is 7.56. The maximum atomic E-state index is 12.9. The first-order chi connectivity index (χ1) is 13.6. The zero-order chi connectivity index (χ0) is 19.5. The molecule has 28 heavy (non-hydrogen) atoms. The van der Waals surface area contributed by atoms with Crippen LogP contribution in [0.25, 0.3) is 22.0 Å². The van der Waals surface area contributed by atoms with E-state index in [1.165, 1.54) is 0 Å². The molecule has 0 bridgehead atoms. The molecule has 0 aliphatic rings. The van der Waals surface area contributed by atoms with E-state index >= 15 is 0 Å². The Balaban J connectivity index is 1.56. The van der Waals surface area contributed by atoms with Crippen LogP contribution in [0, 0.1) is 0 Å². The van der Waals surface area contributed by atoms with Crippen molar-refractivity contribution in [2.75, 3.05) is 14.2 Å². The molecule has 0 saturated carbocycles. The van der Waals surface area contributed by atoms with Crippen molar-refractivity contribution in [3.05, 3.63) is 84.3 Å². The zero-order valence-electron chi connectivity index (χ0n) is 15.8. The first-order valence-corrected chi connectivity index (χ1v) is 9.05. The van der Waals surface area contributed by atoms with E-state index in [0.29, 0.717) is 12.2 Å². The van der Waals surface area contributed by atoms with Gasteiger partial charge in [-0.2, -0.15) is 0 Å². The monoisotopic (exact) mass is 371 g/mol. The highest BCUT2D eigenvalue weighted by atomic mass is 16.5. The summed E-state index contributed by atoms with van der Waals surface area (Å²) in [5.41, 5.74) is 4.71. The van der Waals surface area contributed by atoms with Crippen LogP contribution in [-0.4, -0.2) is 34.9 Å². The lowest BCUT2D eigenvalue weighted by Gasteiger charge is -2.16. The van der Waals surface area contributed by atoms with E-state index in [0.717, 1.165) is 33.3 Å². The predicted octanol–water partition coefficient (Wildman–Crippen LogP) is 4.51. The third-order valence-electron chi connectivity index (χ3n) is 4.77. The van der Waals surface area contributed by atoms with E-state index in [4.69, 9.17) is 4.74 Å². The molecule has 0 fully saturated rings. The minimum absolute atomic E-state index is 0.0514. The lowest BCUT2D eigenvalue weighted by Crippen LogP contribution is -2.26. The fourth-order valence-electron chi connectivity index (χ4n) is 3.29. The molecule has 140 valence electrons. The summed E-state index contributed by atoms with van der Waals surface area (Å²) >= 11 is 0. The normalized spacial score (nSPS) is 10.8. The number of hydrogen-bond acceptors (Lipinski definition) is 3. The van der Waals surface area contributed by atoms with Gasteiger partial charge in [0.2, 0.25) is 0 Å². The first-order valence-electron chi connectivity index (χ1n) is 9.05. The quantitative estimate of drug-likeness (QED) is 0.561. The van der Waals surface area contributed by atoms with E-state index < -0.39 is 0 Å². The highest BCUT2D eigenvalue weighted by Gasteiger charge is 2.15. The van der Waals surface area contributed by atoms with E-state index in [2.05, 4.69) is 22.1 Å². The van der Waals surface area contributed by atoms with Crippen molar-refractivity contribution >= 4 is 16.8 Å². The maximum Gasteiger partial charge on any atom is 0.270 e. The number of nitrogens with one attached hydrogen (secondary N) is 1. The van der Waals surface area contributed by atoms with Crippen molar-refractivity contribution in [3.63, 3.8) is 0 Å². The first kappa shape index (κ1) is 17.8. The summed E-state index contributed by atoms with van der Waals surface area (Å²) in [5, 5.41) is 1.01. The van der Waals surface area contributed by atoms with Crippen molar-refractivity contribution in [1.29, 1.82) is 0 Å². The standard InChI is InChI=1S/C23H21N3O2/c1-26(15-16-4-3-5-20(12-16)28-2)23(27)22-14-19-7-6-18(13-21(19)25-22)17-8-10-24-11-9-17/h3-14,25H,15H2,1-2H3. The topological polar surface area (TPSA) is 58.2 Å². The highest BCUT2D eigenvalue weighted by molar-refractivity contribution is 5.98. The number of benzene rings is 2. The summed E-state index contributed by atoms with van der Waals surface area (Å²) in [6.45, 7) is 0.508. The highest BCUT2D eigenvalue weighted by Crippen LogP contribution is 2.25. The molecule has 5 nitrogen and oxygen atoms in total. The van der Waals surface area contributed by atoms with Crippen LogP contribution in [0.15, 0.2) is 73.1 Å². The molecule has 0 unspecified atom stereocenters. The number of aromatic nitrogens is 2. The number of carbonyl (C=O) groups is 1. The molecular formula is C23H21N3O2. The lowest BCUT2D eigenvalue weighted by atomic mass is 10.1. The van der Waals surface area contributed by atoms with Gasteiger partial charge in [0.1, 0.15) is 11.4 Å². The second-order valence-electron chi connectivity index (χ2n) is 6.73. The molecule has 0 atom stereocenters. The van der Waals surface area contributed by atoms with Crippen molar-refractivity contribution in [2.45, 2.75) is 6.54 Å². The van der Waals surface area contributed by atoms with Gasteiger partial charge in [-0.1, -0.05) is 24.3 Å². The Hall–Kier alpha value is -3.60. The van der Waals surface area contributed by atoms with Crippen LogP contribution in [0.1, 0.15) is 16.1 Å². The molecule has 0 aliphatic carbocycles. The van der Waals surface area contributed by atoms with Gasteiger partial charge < -0.3 is 14.6 Å². The predicted molar refractivity (Wildman–Crippen MR) is 110 cm³/mol. The molecule has 2 heterocycles. The molecule has 1 amide bonds. The van der Waals surface area contributed by atoms with Crippen LogP contribution < -0.4 is 4.74 Å². The third kappa shape index (κ3) is 3.60. The number of amides is 1. The largest absolute Gasteiger partial charge is 0.497 e. The number of nitrogens with zero attached hydrogens (tertiary/aromatic N) is 2. The molecular weight excluding hydrogens is 350 g/mol. The number of H-pyrrole nitrogens is 1. The molecule has 2 aromatic carbocycles. The van der Waals surface area contributed by atoms with E-state index in [9.17, 15) is 4.79 Å².